The summed E-state index contributed by atoms with van der Waals surface area (Å²) in [7, 11) is 2.09. The first kappa shape index (κ1) is 14.7. The molecule has 114 valence electrons. The van der Waals surface area contributed by atoms with Crippen LogP contribution in [0.25, 0.3) is 11.0 Å². The Kier molecular flexibility index (Phi) is 3.88. The Morgan fingerprint density at radius 1 is 1.43 bits per heavy atom. The first-order valence-electron chi connectivity index (χ1n) is 7.13. The lowest BCUT2D eigenvalue weighted by molar-refractivity contribution is 0.226. The fraction of sp³-hybridized carbons (Fsp3) is 0.533. The van der Waals surface area contributed by atoms with E-state index in [0.29, 0.717) is 23.9 Å². The first-order chi connectivity index (χ1) is 10.0. The van der Waals surface area contributed by atoms with Crippen molar-refractivity contribution in [2.75, 3.05) is 7.05 Å². The van der Waals surface area contributed by atoms with E-state index in [-0.39, 0.29) is 17.4 Å². The highest BCUT2D eigenvalue weighted by Gasteiger charge is 2.29. The summed E-state index contributed by atoms with van der Waals surface area (Å²) < 4.78 is 29.2. The summed E-state index contributed by atoms with van der Waals surface area (Å²) in [6.07, 6.45) is 2.44. The van der Waals surface area contributed by atoms with Crippen LogP contribution in [-0.4, -0.2) is 33.6 Å². The Bertz CT molecular complexity index is 666. The summed E-state index contributed by atoms with van der Waals surface area (Å²) in [5.41, 5.74) is 0.660. The molecule has 1 aromatic carbocycles. The van der Waals surface area contributed by atoms with Gasteiger partial charge in [0.15, 0.2) is 5.82 Å². The maximum atomic E-state index is 13.8. The fourth-order valence-electron chi connectivity index (χ4n) is 2.74. The number of nitrogens with zero attached hydrogens (tertiary/aromatic N) is 3. The molecule has 0 spiro atoms. The van der Waals surface area contributed by atoms with Gasteiger partial charge in [0.2, 0.25) is 0 Å². The van der Waals surface area contributed by atoms with Crippen LogP contribution in [0.2, 0.25) is 0 Å². The van der Waals surface area contributed by atoms with Gasteiger partial charge in [-0.15, -0.1) is 11.6 Å². The average Bonchev–Trinajstić information content (AvgIpc) is 3.22. The number of rotatable bonds is 5. The fourth-order valence-corrected chi connectivity index (χ4v) is 2.94. The molecule has 21 heavy (non-hydrogen) atoms. The van der Waals surface area contributed by atoms with E-state index in [1.165, 1.54) is 18.9 Å². The maximum absolute atomic E-state index is 13.8. The van der Waals surface area contributed by atoms with E-state index in [2.05, 4.69) is 23.9 Å². The zero-order chi connectivity index (χ0) is 15.1. The number of benzene rings is 1. The highest BCUT2D eigenvalue weighted by Crippen LogP contribution is 2.28. The van der Waals surface area contributed by atoms with Gasteiger partial charge in [0.05, 0.1) is 11.4 Å². The molecule has 1 unspecified atom stereocenters. The van der Waals surface area contributed by atoms with E-state index in [1.807, 2.05) is 4.57 Å². The lowest BCUT2D eigenvalue weighted by Gasteiger charge is -2.25. The number of imidazole rings is 1. The third-order valence-corrected chi connectivity index (χ3v) is 4.47. The first-order valence-corrected chi connectivity index (χ1v) is 7.66. The van der Waals surface area contributed by atoms with Crippen molar-refractivity contribution in [2.24, 2.45) is 0 Å². The maximum Gasteiger partial charge on any atom is 0.153 e. The highest BCUT2D eigenvalue weighted by molar-refractivity contribution is 6.16. The predicted molar refractivity (Wildman–Crippen MR) is 79.5 cm³/mol. The average molecular weight is 314 g/mol. The van der Waals surface area contributed by atoms with Crippen LogP contribution in [0, 0.1) is 11.6 Å². The van der Waals surface area contributed by atoms with Crippen molar-refractivity contribution in [1.29, 1.82) is 0 Å². The molecule has 0 N–H and O–H groups in total. The molecule has 0 saturated heterocycles. The molecule has 1 aliphatic carbocycles. The molecule has 1 atom stereocenters. The van der Waals surface area contributed by atoms with Gasteiger partial charge >= 0.3 is 0 Å². The SMILES string of the molecule is CC(Cn1c(CCl)nc2c(F)cc(F)cc21)N(C)C1CC1. The molecule has 1 heterocycles. The molecule has 1 fully saturated rings. The third kappa shape index (κ3) is 2.77. The van der Waals surface area contributed by atoms with Crippen molar-refractivity contribution < 1.29 is 8.78 Å². The van der Waals surface area contributed by atoms with Gasteiger partial charge in [-0.05, 0) is 32.9 Å². The molecule has 1 aliphatic rings. The van der Waals surface area contributed by atoms with Crippen molar-refractivity contribution in [3.05, 3.63) is 29.6 Å². The lowest BCUT2D eigenvalue weighted by Crippen LogP contribution is -2.34. The van der Waals surface area contributed by atoms with Crippen LogP contribution in [0.3, 0.4) is 0 Å². The van der Waals surface area contributed by atoms with E-state index < -0.39 is 11.6 Å². The molecule has 3 rings (SSSR count). The number of hydrogen-bond acceptors (Lipinski definition) is 2. The smallest absolute Gasteiger partial charge is 0.153 e. The van der Waals surface area contributed by atoms with Crippen LogP contribution in [0.1, 0.15) is 25.6 Å². The van der Waals surface area contributed by atoms with Crippen LogP contribution in [0.15, 0.2) is 12.1 Å². The van der Waals surface area contributed by atoms with Crippen molar-refractivity contribution in [2.45, 2.75) is 44.3 Å². The van der Waals surface area contributed by atoms with Gasteiger partial charge in [-0.25, -0.2) is 13.8 Å². The second-order valence-corrected chi connectivity index (χ2v) is 6.04. The molecule has 0 radical (unpaired) electrons. The van der Waals surface area contributed by atoms with Crippen LogP contribution in [0.5, 0.6) is 0 Å². The number of fused-ring (bicyclic) bond motifs is 1. The molecular formula is C15H18ClF2N3. The van der Waals surface area contributed by atoms with Gasteiger partial charge in [0.25, 0.3) is 0 Å². The van der Waals surface area contributed by atoms with Gasteiger partial charge in [-0.2, -0.15) is 0 Å². The quantitative estimate of drug-likeness (QED) is 0.787. The molecule has 1 saturated carbocycles. The van der Waals surface area contributed by atoms with Gasteiger partial charge in [-0.1, -0.05) is 0 Å². The number of likely N-dealkylation sites (N-methyl/N-ethyl adjacent to an activating group) is 1. The molecule has 2 aromatic rings. The van der Waals surface area contributed by atoms with Crippen molar-refractivity contribution in [1.82, 2.24) is 14.5 Å². The zero-order valence-corrected chi connectivity index (χ0v) is 12.9. The third-order valence-electron chi connectivity index (χ3n) is 4.24. The summed E-state index contributed by atoms with van der Waals surface area (Å²) in [4.78, 5) is 6.52. The Balaban J connectivity index is 1.99. The number of hydrogen-bond donors (Lipinski definition) is 0. The standard InChI is InChI=1S/C15H18ClF2N3/c1-9(20(2)11-3-4-11)8-21-13-6-10(17)5-12(18)15(13)19-14(21)7-16/h5-6,9,11H,3-4,7-8H2,1-2H3. The Morgan fingerprint density at radius 3 is 2.76 bits per heavy atom. The summed E-state index contributed by atoms with van der Waals surface area (Å²) in [5.74, 6) is -0.480. The Hall–Kier alpha value is -1.20. The number of aromatic nitrogens is 2. The molecule has 0 amide bonds. The molecule has 0 aliphatic heterocycles. The molecule has 1 aromatic heterocycles. The second-order valence-electron chi connectivity index (χ2n) is 5.77. The minimum absolute atomic E-state index is 0.176. The normalized spacial score (nSPS) is 16.9. The Labute approximate surface area is 127 Å². The summed E-state index contributed by atoms with van der Waals surface area (Å²) >= 11 is 5.92. The highest BCUT2D eigenvalue weighted by atomic mass is 35.5. The van der Waals surface area contributed by atoms with Gasteiger partial charge in [-0.3, -0.25) is 4.90 Å². The molecule has 0 bridgehead atoms. The van der Waals surface area contributed by atoms with Crippen LogP contribution in [0.4, 0.5) is 8.78 Å². The minimum Gasteiger partial charge on any atom is -0.325 e. The number of alkyl halides is 1. The summed E-state index contributed by atoms with van der Waals surface area (Å²) in [6, 6.07) is 3.06. The number of halogens is 3. The van der Waals surface area contributed by atoms with E-state index in [4.69, 9.17) is 11.6 Å². The van der Waals surface area contributed by atoms with Crippen LogP contribution in [-0.2, 0) is 12.4 Å². The van der Waals surface area contributed by atoms with E-state index >= 15 is 0 Å². The van der Waals surface area contributed by atoms with E-state index in [9.17, 15) is 8.78 Å². The lowest BCUT2D eigenvalue weighted by atomic mass is 10.2. The Morgan fingerprint density at radius 2 is 2.14 bits per heavy atom. The molecule has 6 heteroatoms. The second kappa shape index (κ2) is 5.54. The summed E-state index contributed by atoms with van der Waals surface area (Å²) in [5, 5.41) is 0. The van der Waals surface area contributed by atoms with Crippen LogP contribution < -0.4 is 0 Å². The van der Waals surface area contributed by atoms with Crippen molar-refractivity contribution in [3.8, 4) is 0 Å². The van der Waals surface area contributed by atoms with Crippen molar-refractivity contribution >= 4 is 22.6 Å². The van der Waals surface area contributed by atoms with Gasteiger partial charge in [0, 0.05) is 24.7 Å². The minimum atomic E-state index is -0.640. The van der Waals surface area contributed by atoms with Gasteiger partial charge in [0.1, 0.15) is 17.2 Å². The van der Waals surface area contributed by atoms with Gasteiger partial charge < -0.3 is 4.57 Å². The molecular weight excluding hydrogens is 296 g/mol. The summed E-state index contributed by atoms with van der Waals surface area (Å²) in [6.45, 7) is 2.73. The largest absolute Gasteiger partial charge is 0.325 e. The predicted octanol–water partition coefficient (Wildman–Crippen LogP) is 3.54. The van der Waals surface area contributed by atoms with Crippen molar-refractivity contribution in [3.63, 3.8) is 0 Å². The zero-order valence-electron chi connectivity index (χ0n) is 12.1. The van der Waals surface area contributed by atoms with E-state index in [0.717, 1.165) is 6.07 Å². The molecule has 3 nitrogen and oxygen atoms in total. The monoisotopic (exact) mass is 313 g/mol. The van der Waals surface area contributed by atoms with Crippen LogP contribution >= 0.6 is 11.6 Å². The van der Waals surface area contributed by atoms with E-state index in [1.54, 1.807) is 0 Å². The topological polar surface area (TPSA) is 21.1 Å².